The third kappa shape index (κ3) is 2.39. The van der Waals surface area contributed by atoms with Crippen molar-refractivity contribution in [3.63, 3.8) is 0 Å². The van der Waals surface area contributed by atoms with E-state index in [0.717, 1.165) is 0 Å². The Bertz CT molecular complexity index is 372. The first kappa shape index (κ1) is 11.3. The number of carbonyl (C=O) groups excluding carboxylic acids is 1. The van der Waals surface area contributed by atoms with Crippen molar-refractivity contribution in [2.45, 2.75) is 13.1 Å². The molecule has 5 nitrogen and oxygen atoms in total. The molecule has 0 radical (unpaired) electrons. The number of hydrogen-bond acceptors (Lipinski definition) is 5. The van der Waals surface area contributed by atoms with Crippen molar-refractivity contribution in [1.82, 2.24) is 4.98 Å². The van der Waals surface area contributed by atoms with Gasteiger partial charge in [-0.05, 0) is 6.92 Å². The van der Waals surface area contributed by atoms with E-state index < -0.39 is 29.6 Å². The van der Waals surface area contributed by atoms with Crippen LogP contribution in [0.5, 0.6) is 0 Å². The van der Waals surface area contributed by atoms with Gasteiger partial charge in [0.15, 0.2) is 5.69 Å². The normalized spacial score (nSPS) is 11.5. The number of halogens is 3. The second-order valence-corrected chi connectivity index (χ2v) is 2.45. The zero-order chi connectivity index (χ0) is 11.6. The van der Waals surface area contributed by atoms with Crippen LogP contribution in [0.1, 0.15) is 23.2 Å². The molecule has 84 valence electrons. The van der Waals surface area contributed by atoms with Gasteiger partial charge in [-0.2, -0.15) is 18.2 Å². The molecular formula is C7H7F3N2O3. The van der Waals surface area contributed by atoms with Crippen LogP contribution in [0.25, 0.3) is 0 Å². The van der Waals surface area contributed by atoms with Gasteiger partial charge in [-0.15, -0.1) is 0 Å². The first-order chi connectivity index (χ1) is 6.86. The van der Waals surface area contributed by atoms with E-state index in [2.05, 4.69) is 14.1 Å². The van der Waals surface area contributed by atoms with Crippen molar-refractivity contribution in [2.24, 2.45) is 0 Å². The molecule has 1 heterocycles. The monoisotopic (exact) mass is 224 g/mol. The molecule has 15 heavy (non-hydrogen) atoms. The Morgan fingerprint density at radius 1 is 1.60 bits per heavy atom. The molecule has 0 bridgehead atoms. The predicted molar refractivity (Wildman–Crippen MR) is 41.9 cm³/mol. The molecule has 0 spiro atoms. The minimum Gasteiger partial charge on any atom is -0.460 e. The second kappa shape index (κ2) is 3.79. The average molecular weight is 224 g/mol. The number of nitrogen functional groups attached to an aromatic ring is 1. The van der Waals surface area contributed by atoms with Crippen LogP contribution in [0, 0.1) is 0 Å². The van der Waals surface area contributed by atoms with E-state index in [-0.39, 0.29) is 6.61 Å². The minimum absolute atomic E-state index is 0.0727. The SMILES string of the molecule is CCOC(=O)c1oc(N)nc1C(F)(F)F. The number of rotatable bonds is 2. The van der Waals surface area contributed by atoms with E-state index in [4.69, 9.17) is 5.73 Å². The fraction of sp³-hybridized carbons (Fsp3) is 0.429. The first-order valence-electron chi connectivity index (χ1n) is 3.87. The van der Waals surface area contributed by atoms with Crippen LogP contribution < -0.4 is 5.73 Å². The summed E-state index contributed by atoms with van der Waals surface area (Å²) in [6, 6.07) is -0.731. The van der Waals surface area contributed by atoms with E-state index in [1.807, 2.05) is 0 Å². The number of aromatic nitrogens is 1. The van der Waals surface area contributed by atoms with Gasteiger partial charge in [0.2, 0.25) is 5.76 Å². The van der Waals surface area contributed by atoms with Gasteiger partial charge in [-0.1, -0.05) is 0 Å². The van der Waals surface area contributed by atoms with Crippen LogP contribution >= 0.6 is 0 Å². The summed E-state index contributed by atoms with van der Waals surface area (Å²) < 4.78 is 45.5. The van der Waals surface area contributed by atoms with Crippen molar-refractivity contribution in [3.8, 4) is 0 Å². The summed E-state index contributed by atoms with van der Waals surface area (Å²) in [6.07, 6.45) is -4.80. The molecule has 0 atom stereocenters. The summed E-state index contributed by atoms with van der Waals surface area (Å²) in [4.78, 5) is 13.9. The minimum atomic E-state index is -4.80. The lowest BCUT2D eigenvalue weighted by Gasteiger charge is -2.03. The Morgan fingerprint density at radius 2 is 2.20 bits per heavy atom. The van der Waals surface area contributed by atoms with Crippen LogP contribution in [0.3, 0.4) is 0 Å². The number of ether oxygens (including phenoxy) is 1. The highest BCUT2D eigenvalue weighted by Crippen LogP contribution is 2.32. The predicted octanol–water partition coefficient (Wildman–Crippen LogP) is 1.45. The summed E-state index contributed by atoms with van der Waals surface area (Å²) in [5.41, 5.74) is 3.45. The van der Waals surface area contributed by atoms with E-state index in [1.165, 1.54) is 6.92 Å². The molecule has 1 aromatic heterocycles. The van der Waals surface area contributed by atoms with Gasteiger partial charge in [0.05, 0.1) is 6.61 Å². The molecule has 0 amide bonds. The lowest BCUT2D eigenvalue weighted by Crippen LogP contribution is -2.14. The number of nitrogens with zero attached hydrogens (tertiary/aromatic N) is 1. The van der Waals surface area contributed by atoms with Crippen LogP contribution in [-0.4, -0.2) is 17.6 Å². The largest absolute Gasteiger partial charge is 0.460 e. The summed E-state index contributed by atoms with van der Waals surface area (Å²) in [5, 5.41) is 0. The van der Waals surface area contributed by atoms with E-state index in [0.29, 0.717) is 0 Å². The molecule has 0 aromatic carbocycles. The van der Waals surface area contributed by atoms with Crippen LogP contribution in [0.2, 0.25) is 0 Å². The van der Waals surface area contributed by atoms with Crippen LogP contribution in [0.4, 0.5) is 19.2 Å². The number of alkyl halides is 3. The van der Waals surface area contributed by atoms with Crippen molar-refractivity contribution >= 4 is 12.0 Å². The lowest BCUT2D eigenvalue weighted by molar-refractivity contribution is -0.141. The first-order valence-corrected chi connectivity index (χ1v) is 3.87. The molecule has 0 fully saturated rings. The summed E-state index contributed by atoms with van der Waals surface area (Å²) in [5.74, 6) is -2.27. The van der Waals surface area contributed by atoms with Crippen LogP contribution in [0.15, 0.2) is 4.42 Å². The quantitative estimate of drug-likeness (QED) is 0.769. The highest BCUT2D eigenvalue weighted by Gasteiger charge is 2.41. The lowest BCUT2D eigenvalue weighted by atomic mass is 10.3. The zero-order valence-corrected chi connectivity index (χ0v) is 7.59. The average Bonchev–Trinajstić information content (AvgIpc) is 2.47. The highest BCUT2D eigenvalue weighted by atomic mass is 19.4. The highest BCUT2D eigenvalue weighted by molar-refractivity contribution is 5.88. The number of hydrogen-bond donors (Lipinski definition) is 1. The summed E-state index contributed by atoms with van der Waals surface area (Å²) in [7, 11) is 0. The number of oxazole rings is 1. The molecule has 0 saturated carbocycles. The van der Waals surface area contributed by atoms with Gasteiger partial charge in [-0.25, -0.2) is 4.79 Å². The Balaban J connectivity index is 3.12. The number of carbonyl (C=O) groups is 1. The fourth-order valence-corrected chi connectivity index (χ4v) is 0.864. The van der Waals surface area contributed by atoms with E-state index in [9.17, 15) is 18.0 Å². The van der Waals surface area contributed by atoms with Crippen LogP contribution in [-0.2, 0) is 10.9 Å². The molecular weight excluding hydrogens is 217 g/mol. The van der Waals surface area contributed by atoms with Gasteiger partial charge in [0, 0.05) is 0 Å². The maximum atomic E-state index is 12.3. The third-order valence-corrected chi connectivity index (χ3v) is 1.37. The van der Waals surface area contributed by atoms with E-state index in [1.54, 1.807) is 0 Å². The molecule has 0 aliphatic heterocycles. The molecule has 0 aliphatic carbocycles. The Hall–Kier alpha value is -1.73. The fourth-order valence-electron chi connectivity index (χ4n) is 0.864. The molecule has 0 saturated heterocycles. The Kier molecular flexibility index (Phi) is 2.87. The molecule has 8 heteroatoms. The topological polar surface area (TPSA) is 78.3 Å². The van der Waals surface area contributed by atoms with Gasteiger partial charge in [0.25, 0.3) is 6.01 Å². The molecule has 0 aliphatic rings. The second-order valence-electron chi connectivity index (χ2n) is 2.45. The zero-order valence-electron chi connectivity index (χ0n) is 7.59. The van der Waals surface area contributed by atoms with Crippen molar-refractivity contribution in [3.05, 3.63) is 11.5 Å². The molecule has 2 N–H and O–H groups in total. The summed E-state index contributed by atoms with van der Waals surface area (Å²) in [6.45, 7) is 1.38. The standard InChI is InChI=1S/C7H7F3N2O3/c1-2-14-5(13)3-4(7(8,9)10)12-6(11)15-3/h2H2,1H3,(H2,11,12). The molecule has 0 unspecified atom stereocenters. The maximum Gasteiger partial charge on any atom is 0.437 e. The van der Waals surface area contributed by atoms with Crippen molar-refractivity contribution in [1.29, 1.82) is 0 Å². The number of esters is 1. The van der Waals surface area contributed by atoms with Gasteiger partial charge >= 0.3 is 12.1 Å². The Morgan fingerprint density at radius 3 is 2.67 bits per heavy atom. The number of nitrogens with two attached hydrogens (primary N) is 1. The van der Waals surface area contributed by atoms with Crippen molar-refractivity contribution in [2.75, 3.05) is 12.3 Å². The maximum absolute atomic E-state index is 12.3. The van der Waals surface area contributed by atoms with Crippen molar-refractivity contribution < 1.29 is 27.1 Å². The molecule has 1 aromatic rings. The van der Waals surface area contributed by atoms with E-state index >= 15 is 0 Å². The van der Waals surface area contributed by atoms with Gasteiger partial charge in [0.1, 0.15) is 0 Å². The smallest absolute Gasteiger partial charge is 0.437 e. The third-order valence-electron chi connectivity index (χ3n) is 1.37. The summed E-state index contributed by atoms with van der Waals surface area (Å²) >= 11 is 0. The van der Waals surface area contributed by atoms with Gasteiger partial charge < -0.3 is 14.9 Å². The Labute approximate surface area is 82.0 Å². The van der Waals surface area contributed by atoms with Gasteiger partial charge in [-0.3, -0.25) is 0 Å². The number of anilines is 1. The molecule has 1 rings (SSSR count).